The maximum Gasteiger partial charge on any atom is 0.0158 e. The summed E-state index contributed by atoms with van der Waals surface area (Å²) >= 11 is 2.09. The van der Waals surface area contributed by atoms with Crippen LogP contribution in [-0.2, 0) is 0 Å². The molecule has 84 valence electrons. The molecule has 0 spiro atoms. The van der Waals surface area contributed by atoms with Crippen LogP contribution in [0, 0.1) is 0 Å². The normalized spacial score (nSPS) is 26.4. The van der Waals surface area contributed by atoms with Gasteiger partial charge in [0, 0.05) is 30.1 Å². The van der Waals surface area contributed by atoms with Gasteiger partial charge in [-0.3, -0.25) is 4.90 Å². The van der Waals surface area contributed by atoms with Gasteiger partial charge in [-0.05, 0) is 33.4 Å². The minimum absolute atomic E-state index is 0.668. The minimum atomic E-state index is 0.668. The van der Waals surface area contributed by atoms with Crippen LogP contribution in [0.4, 0.5) is 0 Å². The highest BCUT2D eigenvalue weighted by Crippen LogP contribution is 2.16. The zero-order valence-corrected chi connectivity index (χ0v) is 10.6. The average molecular weight is 216 g/mol. The fourth-order valence-electron chi connectivity index (χ4n) is 1.90. The van der Waals surface area contributed by atoms with Crippen molar-refractivity contribution in [2.45, 2.75) is 39.3 Å². The number of thioether (sulfide) groups is 1. The highest BCUT2D eigenvalue weighted by molar-refractivity contribution is 7.99. The van der Waals surface area contributed by atoms with Crippen LogP contribution in [-0.4, -0.2) is 48.1 Å². The highest BCUT2D eigenvalue weighted by Gasteiger charge is 2.18. The first-order valence-corrected chi connectivity index (χ1v) is 6.94. The third-order valence-electron chi connectivity index (χ3n) is 2.91. The highest BCUT2D eigenvalue weighted by atomic mass is 32.2. The Morgan fingerprint density at radius 3 is 3.00 bits per heavy atom. The summed E-state index contributed by atoms with van der Waals surface area (Å²) in [6, 6.07) is 1.45. The molecule has 14 heavy (non-hydrogen) atoms. The molecule has 1 fully saturated rings. The van der Waals surface area contributed by atoms with Crippen molar-refractivity contribution in [2.24, 2.45) is 0 Å². The SMILES string of the molecule is CCNC(C)CCN1CCSCC1C. The Hall–Kier alpha value is 0.270. The van der Waals surface area contributed by atoms with E-state index in [1.54, 1.807) is 0 Å². The van der Waals surface area contributed by atoms with Crippen LogP contribution in [0.2, 0.25) is 0 Å². The Kier molecular flexibility index (Phi) is 5.90. The smallest absolute Gasteiger partial charge is 0.0158 e. The first kappa shape index (κ1) is 12.3. The summed E-state index contributed by atoms with van der Waals surface area (Å²) in [6.07, 6.45) is 1.28. The van der Waals surface area contributed by atoms with E-state index in [0.29, 0.717) is 6.04 Å². The molecule has 1 saturated heterocycles. The van der Waals surface area contributed by atoms with Crippen LogP contribution in [0.25, 0.3) is 0 Å². The van der Waals surface area contributed by atoms with Gasteiger partial charge < -0.3 is 5.32 Å². The molecule has 0 radical (unpaired) electrons. The van der Waals surface area contributed by atoms with E-state index in [1.165, 1.54) is 31.0 Å². The molecule has 0 aromatic rings. The van der Waals surface area contributed by atoms with Gasteiger partial charge in [-0.2, -0.15) is 11.8 Å². The van der Waals surface area contributed by atoms with Gasteiger partial charge in [-0.25, -0.2) is 0 Å². The molecule has 1 aliphatic rings. The molecule has 1 rings (SSSR count). The predicted octanol–water partition coefficient (Wildman–Crippen LogP) is 1.81. The van der Waals surface area contributed by atoms with E-state index in [-0.39, 0.29) is 0 Å². The van der Waals surface area contributed by atoms with Crippen LogP contribution >= 0.6 is 11.8 Å². The van der Waals surface area contributed by atoms with Crippen LogP contribution in [0.3, 0.4) is 0 Å². The van der Waals surface area contributed by atoms with Gasteiger partial charge >= 0.3 is 0 Å². The zero-order chi connectivity index (χ0) is 10.4. The Bertz CT molecular complexity index is 152. The summed E-state index contributed by atoms with van der Waals surface area (Å²) in [6.45, 7) is 10.4. The molecule has 0 aromatic heterocycles. The first-order valence-electron chi connectivity index (χ1n) is 5.79. The van der Waals surface area contributed by atoms with Gasteiger partial charge in [0.25, 0.3) is 0 Å². The number of hydrogen-bond donors (Lipinski definition) is 1. The lowest BCUT2D eigenvalue weighted by Crippen LogP contribution is -2.42. The average Bonchev–Trinajstić information content (AvgIpc) is 2.17. The first-order chi connectivity index (χ1) is 6.74. The van der Waals surface area contributed by atoms with Crippen molar-refractivity contribution in [1.29, 1.82) is 0 Å². The number of nitrogens with zero attached hydrogens (tertiary/aromatic N) is 1. The Balaban J connectivity index is 2.15. The van der Waals surface area contributed by atoms with E-state index in [2.05, 4.69) is 42.7 Å². The molecule has 0 saturated carbocycles. The van der Waals surface area contributed by atoms with Crippen LogP contribution in [0.5, 0.6) is 0 Å². The second kappa shape index (κ2) is 6.70. The quantitative estimate of drug-likeness (QED) is 0.754. The third kappa shape index (κ3) is 4.20. The molecule has 2 unspecified atom stereocenters. The van der Waals surface area contributed by atoms with Crippen molar-refractivity contribution in [2.75, 3.05) is 31.1 Å². The maximum absolute atomic E-state index is 3.47. The van der Waals surface area contributed by atoms with Crippen molar-refractivity contribution in [3.63, 3.8) is 0 Å². The summed E-state index contributed by atoms with van der Waals surface area (Å²) in [5.41, 5.74) is 0. The van der Waals surface area contributed by atoms with Crippen LogP contribution in [0.15, 0.2) is 0 Å². The minimum Gasteiger partial charge on any atom is -0.314 e. The molecule has 0 aliphatic carbocycles. The number of rotatable bonds is 5. The summed E-state index contributed by atoms with van der Waals surface area (Å²) in [4.78, 5) is 2.63. The fourth-order valence-corrected chi connectivity index (χ4v) is 2.99. The zero-order valence-electron chi connectivity index (χ0n) is 9.75. The van der Waals surface area contributed by atoms with Crippen molar-refractivity contribution < 1.29 is 0 Å². The molecule has 2 atom stereocenters. The second-order valence-electron chi connectivity index (χ2n) is 4.21. The molecule has 2 nitrogen and oxygen atoms in total. The summed E-state index contributed by atoms with van der Waals surface area (Å²) in [5.74, 6) is 2.63. The van der Waals surface area contributed by atoms with E-state index >= 15 is 0 Å². The largest absolute Gasteiger partial charge is 0.314 e. The molecule has 0 amide bonds. The van der Waals surface area contributed by atoms with Gasteiger partial charge in [-0.15, -0.1) is 0 Å². The Labute approximate surface area is 92.8 Å². The van der Waals surface area contributed by atoms with E-state index in [0.717, 1.165) is 12.6 Å². The molecule has 1 aliphatic heterocycles. The van der Waals surface area contributed by atoms with E-state index in [9.17, 15) is 0 Å². The summed E-state index contributed by atoms with van der Waals surface area (Å²) in [7, 11) is 0. The lowest BCUT2D eigenvalue weighted by Gasteiger charge is -2.33. The second-order valence-corrected chi connectivity index (χ2v) is 5.36. The van der Waals surface area contributed by atoms with Gasteiger partial charge in [-0.1, -0.05) is 6.92 Å². The number of hydrogen-bond acceptors (Lipinski definition) is 3. The Morgan fingerprint density at radius 1 is 1.57 bits per heavy atom. The molecule has 1 N–H and O–H groups in total. The van der Waals surface area contributed by atoms with E-state index in [1.807, 2.05) is 0 Å². The molecule has 0 bridgehead atoms. The predicted molar refractivity (Wildman–Crippen MR) is 66.1 cm³/mol. The van der Waals surface area contributed by atoms with Crippen LogP contribution < -0.4 is 5.32 Å². The Morgan fingerprint density at radius 2 is 2.36 bits per heavy atom. The third-order valence-corrected chi connectivity index (χ3v) is 4.10. The summed E-state index contributed by atoms with van der Waals surface area (Å²) in [5, 5.41) is 3.47. The van der Waals surface area contributed by atoms with Crippen molar-refractivity contribution in [3.05, 3.63) is 0 Å². The van der Waals surface area contributed by atoms with Crippen LogP contribution in [0.1, 0.15) is 27.2 Å². The lowest BCUT2D eigenvalue weighted by atomic mass is 10.2. The molecular weight excluding hydrogens is 192 g/mol. The molecule has 0 aromatic carbocycles. The van der Waals surface area contributed by atoms with Crippen molar-refractivity contribution in [1.82, 2.24) is 10.2 Å². The van der Waals surface area contributed by atoms with E-state index in [4.69, 9.17) is 0 Å². The van der Waals surface area contributed by atoms with Gasteiger partial charge in [0.15, 0.2) is 0 Å². The molecule has 3 heteroatoms. The van der Waals surface area contributed by atoms with E-state index < -0.39 is 0 Å². The fraction of sp³-hybridized carbons (Fsp3) is 1.00. The maximum atomic E-state index is 3.47. The van der Waals surface area contributed by atoms with Crippen molar-refractivity contribution >= 4 is 11.8 Å². The lowest BCUT2D eigenvalue weighted by molar-refractivity contribution is 0.221. The van der Waals surface area contributed by atoms with Gasteiger partial charge in [0.2, 0.25) is 0 Å². The molecular formula is C11H24N2S. The van der Waals surface area contributed by atoms with Gasteiger partial charge in [0.1, 0.15) is 0 Å². The standard InChI is InChI=1S/C11H24N2S/c1-4-12-10(2)5-6-13-7-8-14-9-11(13)3/h10-12H,4-9H2,1-3H3. The van der Waals surface area contributed by atoms with Crippen molar-refractivity contribution in [3.8, 4) is 0 Å². The number of nitrogens with one attached hydrogen (secondary N) is 1. The topological polar surface area (TPSA) is 15.3 Å². The summed E-state index contributed by atoms with van der Waals surface area (Å²) < 4.78 is 0. The van der Waals surface area contributed by atoms with Gasteiger partial charge in [0.05, 0.1) is 0 Å². The monoisotopic (exact) mass is 216 g/mol. The molecule has 1 heterocycles.